The Labute approximate surface area is 112 Å². The summed E-state index contributed by atoms with van der Waals surface area (Å²) in [7, 11) is 0. The number of halogens is 1. The molecule has 0 unspecified atom stereocenters. The topological polar surface area (TPSA) is 12.5 Å². The second-order valence-electron chi connectivity index (χ2n) is 6.00. The molecule has 1 saturated carbocycles. The predicted molar refractivity (Wildman–Crippen MR) is 72.3 cm³/mol. The Kier molecular flexibility index (Phi) is 2.38. The van der Waals surface area contributed by atoms with Crippen LogP contribution in [0.15, 0.2) is 24.3 Å². The first-order valence-electron chi connectivity index (χ1n) is 7.14. The van der Waals surface area contributed by atoms with Crippen molar-refractivity contribution in [3.63, 3.8) is 0 Å². The Morgan fingerprint density at radius 3 is 2.63 bits per heavy atom. The Balaban J connectivity index is 1.62. The highest BCUT2D eigenvalue weighted by molar-refractivity contribution is 5.71. The van der Waals surface area contributed by atoms with E-state index < -0.39 is 0 Å². The summed E-state index contributed by atoms with van der Waals surface area (Å²) in [6.45, 7) is 2.68. The lowest BCUT2D eigenvalue weighted by atomic mass is 9.92. The number of ether oxygens (including phenoxy) is 1. The maximum absolute atomic E-state index is 13.8. The Hall–Kier alpha value is -1.51. The third-order valence-corrected chi connectivity index (χ3v) is 4.87. The van der Waals surface area contributed by atoms with E-state index in [-0.39, 0.29) is 5.82 Å². The monoisotopic (exact) mass is 259 g/mol. The largest absolute Gasteiger partial charge is 0.486 e. The summed E-state index contributed by atoms with van der Waals surface area (Å²) in [5, 5.41) is 0. The number of fused-ring (bicyclic) bond motifs is 1. The van der Waals surface area contributed by atoms with Gasteiger partial charge in [-0.2, -0.15) is 0 Å². The van der Waals surface area contributed by atoms with Crippen LogP contribution in [0, 0.1) is 11.2 Å². The van der Waals surface area contributed by atoms with Crippen LogP contribution in [-0.4, -0.2) is 24.6 Å². The first-order valence-corrected chi connectivity index (χ1v) is 7.14. The zero-order valence-electron chi connectivity index (χ0n) is 11.0. The van der Waals surface area contributed by atoms with Gasteiger partial charge in [0.25, 0.3) is 0 Å². The average molecular weight is 259 g/mol. The zero-order valence-corrected chi connectivity index (χ0v) is 11.0. The number of para-hydroxylation sites is 1. The Morgan fingerprint density at radius 1 is 1.11 bits per heavy atom. The average Bonchev–Trinajstić information content (AvgIpc) is 3.19. The lowest BCUT2D eigenvalue weighted by Crippen LogP contribution is -2.34. The molecule has 2 heterocycles. The summed E-state index contributed by atoms with van der Waals surface area (Å²) < 4.78 is 19.2. The van der Waals surface area contributed by atoms with Crippen LogP contribution < -0.4 is 4.74 Å². The van der Waals surface area contributed by atoms with E-state index in [0.29, 0.717) is 17.8 Å². The van der Waals surface area contributed by atoms with Crippen molar-refractivity contribution in [1.82, 2.24) is 4.90 Å². The van der Waals surface area contributed by atoms with E-state index >= 15 is 0 Å². The highest BCUT2D eigenvalue weighted by atomic mass is 19.1. The summed E-state index contributed by atoms with van der Waals surface area (Å²) in [6, 6.07) is 5.20. The van der Waals surface area contributed by atoms with Crippen molar-refractivity contribution in [2.75, 3.05) is 19.7 Å². The molecule has 100 valence electrons. The summed E-state index contributed by atoms with van der Waals surface area (Å²) >= 11 is 0. The summed E-state index contributed by atoms with van der Waals surface area (Å²) in [6.07, 6.45) is 7.49. The smallest absolute Gasteiger partial charge is 0.165 e. The van der Waals surface area contributed by atoms with E-state index in [2.05, 4.69) is 11.0 Å². The SMILES string of the molecule is Fc1cccc2c1OCC=C2N1CCC2(CC1)CC2. The second kappa shape index (κ2) is 3.99. The van der Waals surface area contributed by atoms with Gasteiger partial charge in [0.05, 0.1) is 0 Å². The number of piperidine rings is 1. The van der Waals surface area contributed by atoms with Gasteiger partial charge in [0, 0.05) is 24.4 Å². The fourth-order valence-corrected chi connectivity index (χ4v) is 3.37. The third kappa shape index (κ3) is 1.83. The molecule has 0 radical (unpaired) electrons. The Bertz CT molecular complexity index is 538. The number of hydrogen-bond donors (Lipinski definition) is 0. The molecule has 1 spiro atoms. The highest BCUT2D eigenvalue weighted by Gasteiger charge is 2.44. The molecule has 19 heavy (non-hydrogen) atoms. The van der Waals surface area contributed by atoms with Crippen molar-refractivity contribution in [2.24, 2.45) is 5.41 Å². The highest BCUT2D eigenvalue weighted by Crippen LogP contribution is 2.54. The molecule has 0 atom stereocenters. The minimum absolute atomic E-state index is 0.251. The van der Waals surface area contributed by atoms with E-state index in [0.717, 1.165) is 24.4 Å². The minimum Gasteiger partial charge on any atom is -0.486 e. The Morgan fingerprint density at radius 2 is 1.89 bits per heavy atom. The maximum atomic E-state index is 13.8. The maximum Gasteiger partial charge on any atom is 0.165 e. The van der Waals surface area contributed by atoms with Crippen LogP contribution in [0.1, 0.15) is 31.2 Å². The number of rotatable bonds is 1. The molecule has 2 aliphatic heterocycles. The van der Waals surface area contributed by atoms with Gasteiger partial charge in [0.2, 0.25) is 0 Å². The van der Waals surface area contributed by atoms with Gasteiger partial charge in [-0.15, -0.1) is 0 Å². The fourth-order valence-electron chi connectivity index (χ4n) is 3.37. The summed E-state index contributed by atoms with van der Waals surface area (Å²) in [5.74, 6) is 0.172. The van der Waals surface area contributed by atoms with Crippen LogP contribution in [0.5, 0.6) is 5.75 Å². The van der Waals surface area contributed by atoms with Crippen molar-refractivity contribution < 1.29 is 9.13 Å². The van der Waals surface area contributed by atoms with Gasteiger partial charge in [-0.1, -0.05) is 6.07 Å². The van der Waals surface area contributed by atoms with Gasteiger partial charge < -0.3 is 9.64 Å². The molecule has 3 aliphatic rings. The van der Waals surface area contributed by atoms with Gasteiger partial charge in [0.1, 0.15) is 6.61 Å². The molecule has 0 aromatic heterocycles. The van der Waals surface area contributed by atoms with Crippen molar-refractivity contribution in [3.8, 4) is 5.75 Å². The van der Waals surface area contributed by atoms with E-state index in [9.17, 15) is 4.39 Å². The van der Waals surface area contributed by atoms with Gasteiger partial charge >= 0.3 is 0 Å². The van der Waals surface area contributed by atoms with Crippen LogP contribution in [0.25, 0.3) is 5.70 Å². The first kappa shape index (κ1) is 11.3. The molecule has 2 nitrogen and oxygen atoms in total. The molecule has 1 aliphatic carbocycles. The van der Waals surface area contributed by atoms with Crippen LogP contribution in [-0.2, 0) is 0 Å². The molecule has 2 fully saturated rings. The van der Waals surface area contributed by atoms with Gasteiger partial charge in [0.15, 0.2) is 11.6 Å². The second-order valence-corrected chi connectivity index (χ2v) is 6.00. The third-order valence-electron chi connectivity index (χ3n) is 4.87. The van der Waals surface area contributed by atoms with Crippen LogP contribution in [0.2, 0.25) is 0 Å². The molecule has 0 amide bonds. The molecule has 1 saturated heterocycles. The van der Waals surface area contributed by atoms with Crippen molar-refractivity contribution in [3.05, 3.63) is 35.7 Å². The van der Waals surface area contributed by atoms with Gasteiger partial charge in [-0.25, -0.2) is 4.39 Å². The molecule has 4 rings (SSSR count). The number of nitrogens with zero attached hydrogens (tertiary/aromatic N) is 1. The lowest BCUT2D eigenvalue weighted by Gasteiger charge is -2.37. The number of likely N-dealkylation sites (tertiary alicyclic amines) is 1. The lowest BCUT2D eigenvalue weighted by molar-refractivity contribution is 0.234. The van der Waals surface area contributed by atoms with E-state index in [4.69, 9.17) is 4.74 Å². The molecular weight excluding hydrogens is 241 g/mol. The van der Waals surface area contributed by atoms with Crippen LogP contribution in [0.3, 0.4) is 0 Å². The van der Waals surface area contributed by atoms with Crippen LogP contribution >= 0.6 is 0 Å². The van der Waals surface area contributed by atoms with Crippen molar-refractivity contribution >= 4 is 5.70 Å². The standard InChI is InChI=1S/C16H18FNO/c17-13-3-1-2-12-14(4-11-19-15(12)13)18-9-7-16(5-6-16)8-10-18/h1-4H,5-11H2. The van der Waals surface area contributed by atoms with Crippen molar-refractivity contribution in [2.45, 2.75) is 25.7 Å². The summed E-state index contributed by atoms with van der Waals surface area (Å²) in [4.78, 5) is 2.41. The summed E-state index contributed by atoms with van der Waals surface area (Å²) in [5.41, 5.74) is 2.75. The number of benzene rings is 1. The molecular formula is C16H18FNO. The van der Waals surface area contributed by atoms with Gasteiger partial charge in [-0.05, 0) is 49.3 Å². The molecule has 0 N–H and O–H groups in total. The number of hydrogen-bond acceptors (Lipinski definition) is 2. The quantitative estimate of drug-likeness (QED) is 0.766. The zero-order chi connectivity index (χ0) is 12.9. The molecule has 3 heteroatoms. The van der Waals surface area contributed by atoms with Crippen LogP contribution in [0.4, 0.5) is 4.39 Å². The van der Waals surface area contributed by atoms with E-state index in [1.54, 1.807) is 6.07 Å². The molecule has 0 bridgehead atoms. The van der Waals surface area contributed by atoms with Crippen molar-refractivity contribution in [1.29, 1.82) is 0 Å². The molecule has 1 aromatic rings. The normalized spacial score (nSPS) is 23.6. The minimum atomic E-state index is -0.251. The van der Waals surface area contributed by atoms with Gasteiger partial charge in [-0.3, -0.25) is 0 Å². The fraction of sp³-hybridized carbons (Fsp3) is 0.500. The first-order chi connectivity index (χ1) is 9.27. The van der Waals surface area contributed by atoms with E-state index in [1.807, 2.05) is 6.07 Å². The predicted octanol–water partition coefficient (Wildman–Crippen LogP) is 3.44. The molecule has 1 aromatic carbocycles. The van der Waals surface area contributed by atoms with E-state index in [1.165, 1.54) is 31.7 Å².